The van der Waals surface area contributed by atoms with Gasteiger partial charge >= 0.3 is 6.03 Å². The molecule has 1 saturated heterocycles. The minimum atomic E-state index is -0.393. The minimum Gasteiger partial charge on any atom is -0.338 e. The molecule has 0 aromatic carbocycles. The van der Waals surface area contributed by atoms with E-state index in [-0.39, 0.29) is 5.91 Å². The molecule has 21 heavy (non-hydrogen) atoms. The van der Waals surface area contributed by atoms with Crippen LogP contribution in [0.15, 0.2) is 0 Å². The number of amides is 3. The highest BCUT2D eigenvalue weighted by Crippen LogP contribution is 2.15. The molecule has 0 atom stereocenters. The quantitative estimate of drug-likeness (QED) is 0.650. The van der Waals surface area contributed by atoms with Gasteiger partial charge in [0.1, 0.15) is 0 Å². The average Bonchev–Trinajstić information content (AvgIpc) is 2.44. The van der Waals surface area contributed by atoms with E-state index >= 15 is 0 Å². The predicted molar refractivity (Wildman–Crippen MR) is 84.1 cm³/mol. The molecular weight excluding hydrogens is 268 g/mol. The Morgan fingerprint density at radius 3 is 2.48 bits per heavy atom. The SMILES string of the molecule is CCNCC1CCN(CC(=O)NC(=O)NCC(C)C)CC1. The maximum Gasteiger partial charge on any atom is 0.321 e. The second kappa shape index (κ2) is 9.73. The second-order valence-corrected chi connectivity index (χ2v) is 6.18. The molecule has 1 rings (SSSR count). The highest BCUT2D eigenvalue weighted by molar-refractivity contribution is 5.95. The molecule has 6 heteroatoms. The van der Waals surface area contributed by atoms with Crippen LogP contribution in [0.5, 0.6) is 0 Å². The van der Waals surface area contributed by atoms with Gasteiger partial charge in [-0.1, -0.05) is 20.8 Å². The summed E-state index contributed by atoms with van der Waals surface area (Å²) in [6, 6.07) is -0.393. The molecule has 0 aliphatic carbocycles. The van der Waals surface area contributed by atoms with Crippen molar-refractivity contribution in [2.75, 3.05) is 39.3 Å². The van der Waals surface area contributed by atoms with Gasteiger partial charge < -0.3 is 10.6 Å². The van der Waals surface area contributed by atoms with E-state index in [0.29, 0.717) is 24.9 Å². The van der Waals surface area contributed by atoms with Gasteiger partial charge in [-0.3, -0.25) is 15.0 Å². The molecule has 1 fully saturated rings. The monoisotopic (exact) mass is 298 g/mol. The van der Waals surface area contributed by atoms with Gasteiger partial charge in [-0.2, -0.15) is 0 Å². The molecule has 3 amide bonds. The molecule has 1 aliphatic heterocycles. The molecule has 0 radical (unpaired) electrons. The van der Waals surface area contributed by atoms with Crippen LogP contribution in [0, 0.1) is 11.8 Å². The van der Waals surface area contributed by atoms with Gasteiger partial charge in [-0.15, -0.1) is 0 Å². The summed E-state index contributed by atoms with van der Waals surface area (Å²) in [6.07, 6.45) is 2.22. The molecular formula is C15H30N4O2. The van der Waals surface area contributed by atoms with Crippen molar-refractivity contribution >= 4 is 11.9 Å². The average molecular weight is 298 g/mol. The summed E-state index contributed by atoms with van der Waals surface area (Å²) in [5.74, 6) is 0.863. The van der Waals surface area contributed by atoms with Crippen LogP contribution in [0.25, 0.3) is 0 Å². The van der Waals surface area contributed by atoms with E-state index < -0.39 is 6.03 Å². The van der Waals surface area contributed by atoms with Gasteiger partial charge in [0.25, 0.3) is 0 Å². The lowest BCUT2D eigenvalue weighted by molar-refractivity contribution is -0.121. The number of piperidine rings is 1. The van der Waals surface area contributed by atoms with Crippen molar-refractivity contribution in [2.45, 2.75) is 33.6 Å². The Morgan fingerprint density at radius 2 is 1.90 bits per heavy atom. The highest BCUT2D eigenvalue weighted by atomic mass is 16.2. The van der Waals surface area contributed by atoms with E-state index in [4.69, 9.17) is 0 Å². The molecule has 6 nitrogen and oxygen atoms in total. The maximum atomic E-state index is 11.8. The zero-order valence-corrected chi connectivity index (χ0v) is 13.6. The molecule has 0 aromatic heterocycles. The lowest BCUT2D eigenvalue weighted by atomic mass is 9.97. The summed E-state index contributed by atoms with van der Waals surface area (Å²) < 4.78 is 0. The molecule has 1 aliphatic rings. The zero-order chi connectivity index (χ0) is 15.7. The van der Waals surface area contributed by atoms with Crippen molar-refractivity contribution < 1.29 is 9.59 Å². The van der Waals surface area contributed by atoms with Gasteiger partial charge in [-0.05, 0) is 50.9 Å². The third-order valence-electron chi connectivity index (χ3n) is 3.68. The maximum absolute atomic E-state index is 11.8. The van der Waals surface area contributed by atoms with Crippen LogP contribution in [0.3, 0.4) is 0 Å². The van der Waals surface area contributed by atoms with Crippen molar-refractivity contribution in [3.63, 3.8) is 0 Å². The van der Waals surface area contributed by atoms with Crippen LogP contribution in [0.1, 0.15) is 33.6 Å². The molecule has 1 heterocycles. The first-order valence-corrected chi connectivity index (χ1v) is 8.02. The number of nitrogens with zero attached hydrogens (tertiary/aromatic N) is 1. The summed E-state index contributed by atoms with van der Waals surface area (Å²) in [4.78, 5) is 25.4. The first-order chi connectivity index (χ1) is 10.0. The van der Waals surface area contributed by atoms with Gasteiger partial charge in [0.05, 0.1) is 6.54 Å². The normalized spacial score (nSPS) is 17.0. The summed E-state index contributed by atoms with van der Waals surface area (Å²) in [7, 11) is 0. The third-order valence-corrected chi connectivity index (χ3v) is 3.68. The summed E-state index contributed by atoms with van der Waals surface area (Å²) in [5, 5.41) is 8.44. The van der Waals surface area contributed by atoms with Crippen LogP contribution in [-0.2, 0) is 4.79 Å². The van der Waals surface area contributed by atoms with Crippen molar-refractivity contribution in [1.82, 2.24) is 20.9 Å². The Morgan fingerprint density at radius 1 is 1.24 bits per heavy atom. The smallest absolute Gasteiger partial charge is 0.321 e. The van der Waals surface area contributed by atoms with Crippen molar-refractivity contribution in [1.29, 1.82) is 0 Å². The Bertz CT molecular complexity index is 326. The van der Waals surface area contributed by atoms with Crippen LogP contribution in [0.4, 0.5) is 4.79 Å². The first-order valence-electron chi connectivity index (χ1n) is 8.02. The molecule has 0 aromatic rings. The van der Waals surface area contributed by atoms with E-state index in [9.17, 15) is 9.59 Å². The fourth-order valence-corrected chi connectivity index (χ4v) is 2.41. The Hall–Kier alpha value is -1.14. The van der Waals surface area contributed by atoms with Crippen LogP contribution in [-0.4, -0.2) is 56.1 Å². The number of urea groups is 1. The van der Waals surface area contributed by atoms with Crippen LogP contribution in [0.2, 0.25) is 0 Å². The lowest BCUT2D eigenvalue weighted by Gasteiger charge is -2.31. The summed E-state index contributed by atoms with van der Waals surface area (Å²) in [5.41, 5.74) is 0. The van der Waals surface area contributed by atoms with Crippen molar-refractivity contribution in [3.8, 4) is 0 Å². The standard InChI is InChI=1S/C15H30N4O2/c1-4-16-10-13-5-7-19(8-6-13)11-14(20)18-15(21)17-9-12(2)3/h12-13,16H,4-11H2,1-3H3,(H2,17,18,20,21). The number of likely N-dealkylation sites (tertiary alicyclic amines) is 1. The molecule has 122 valence electrons. The van der Waals surface area contributed by atoms with E-state index in [1.807, 2.05) is 13.8 Å². The van der Waals surface area contributed by atoms with E-state index in [1.165, 1.54) is 0 Å². The van der Waals surface area contributed by atoms with Crippen molar-refractivity contribution in [2.24, 2.45) is 11.8 Å². The van der Waals surface area contributed by atoms with Crippen LogP contribution < -0.4 is 16.0 Å². The number of carbonyl (C=O) groups is 2. The number of nitrogens with one attached hydrogen (secondary N) is 3. The summed E-state index contributed by atoms with van der Waals surface area (Å²) >= 11 is 0. The molecule has 0 unspecified atom stereocenters. The Labute approximate surface area is 128 Å². The minimum absolute atomic E-state index is 0.221. The topological polar surface area (TPSA) is 73.5 Å². The number of carbonyl (C=O) groups excluding carboxylic acids is 2. The lowest BCUT2D eigenvalue weighted by Crippen LogP contribution is -2.47. The van der Waals surface area contributed by atoms with E-state index in [0.717, 1.165) is 39.0 Å². The molecule has 0 saturated carbocycles. The number of imide groups is 1. The third kappa shape index (κ3) is 8.02. The predicted octanol–water partition coefficient (Wildman–Crippen LogP) is 0.790. The van der Waals surface area contributed by atoms with E-state index in [1.54, 1.807) is 0 Å². The second-order valence-electron chi connectivity index (χ2n) is 6.18. The van der Waals surface area contributed by atoms with E-state index in [2.05, 4.69) is 27.8 Å². The zero-order valence-electron chi connectivity index (χ0n) is 13.6. The number of hydrogen-bond acceptors (Lipinski definition) is 4. The fraction of sp³-hybridized carbons (Fsp3) is 0.867. The highest BCUT2D eigenvalue weighted by Gasteiger charge is 2.21. The van der Waals surface area contributed by atoms with Gasteiger partial charge in [0.15, 0.2) is 0 Å². The molecule has 0 bridgehead atoms. The number of hydrogen-bond donors (Lipinski definition) is 3. The molecule has 3 N–H and O–H groups in total. The number of rotatable bonds is 7. The van der Waals surface area contributed by atoms with Crippen molar-refractivity contribution in [3.05, 3.63) is 0 Å². The van der Waals surface area contributed by atoms with Gasteiger partial charge in [-0.25, -0.2) is 4.79 Å². The Balaban J connectivity index is 2.16. The van der Waals surface area contributed by atoms with Gasteiger partial charge in [0, 0.05) is 6.54 Å². The largest absolute Gasteiger partial charge is 0.338 e. The molecule has 0 spiro atoms. The fourth-order valence-electron chi connectivity index (χ4n) is 2.41. The van der Waals surface area contributed by atoms with Gasteiger partial charge in [0.2, 0.25) is 5.91 Å². The van der Waals surface area contributed by atoms with Crippen LogP contribution >= 0.6 is 0 Å². The Kier molecular flexibility index (Phi) is 8.30. The summed E-state index contributed by atoms with van der Waals surface area (Å²) in [6.45, 7) is 11.0. The first kappa shape index (κ1) is 17.9.